The third-order valence-corrected chi connectivity index (χ3v) is 4.35. The molecule has 0 spiro atoms. The molecule has 0 saturated heterocycles. The molecule has 3 aromatic rings. The average molecular weight is 400 g/mol. The molecule has 1 aromatic heterocycles. The van der Waals surface area contributed by atoms with Crippen LogP contribution in [0.5, 0.6) is 0 Å². The Morgan fingerprint density at radius 2 is 1.89 bits per heavy atom. The summed E-state index contributed by atoms with van der Waals surface area (Å²) in [4.78, 5) is 23.2. The largest absolute Gasteiger partial charge is 0.461 e. The highest BCUT2D eigenvalue weighted by molar-refractivity contribution is 6.33. The van der Waals surface area contributed by atoms with Crippen LogP contribution in [0.15, 0.2) is 59.0 Å². The Kier molecular flexibility index (Phi) is 5.96. The van der Waals surface area contributed by atoms with Gasteiger partial charge in [-0.25, -0.2) is 0 Å². The van der Waals surface area contributed by atoms with Gasteiger partial charge in [0, 0.05) is 24.7 Å². The Morgan fingerprint density at radius 3 is 2.61 bits per heavy atom. The number of nitrogens with one attached hydrogen (secondary N) is 2. The van der Waals surface area contributed by atoms with E-state index in [-0.39, 0.29) is 35.4 Å². The number of hydrogen-bond acceptors (Lipinski definition) is 5. The van der Waals surface area contributed by atoms with E-state index in [1.165, 1.54) is 12.1 Å². The summed E-state index contributed by atoms with van der Waals surface area (Å²) in [6, 6.07) is 15.5. The van der Waals surface area contributed by atoms with Crippen molar-refractivity contribution in [2.24, 2.45) is 0 Å². The van der Waals surface area contributed by atoms with E-state index in [9.17, 15) is 14.9 Å². The van der Waals surface area contributed by atoms with Crippen LogP contribution in [-0.4, -0.2) is 23.9 Å². The van der Waals surface area contributed by atoms with E-state index >= 15 is 0 Å². The zero-order valence-electron chi connectivity index (χ0n) is 15.1. The lowest BCUT2D eigenvalue weighted by molar-refractivity contribution is -0.383. The van der Waals surface area contributed by atoms with Gasteiger partial charge in [0.05, 0.1) is 15.5 Å². The molecule has 3 rings (SSSR count). The Morgan fingerprint density at radius 1 is 1.14 bits per heavy atom. The predicted octanol–water partition coefficient (Wildman–Crippen LogP) is 4.66. The first-order valence-electron chi connectivity index (χ1n) is 8.58. The van der Waals surface area contributed by atoms with Crippen LogP contribution in [0.2, 0.25) is 5.02 Å². The number of aryl methyl sites for hydroxylation is 1. The summed E-state index contributed by atoms with van der Waals surface area (Å²) in [5.41, 5.74) is 1.36. The minimum atomic E-state index is -0.507. The van der Waals surface area contributed by atoms with Gasteiger partial charge in [-0.2, -0.15) is 0 Å². The number of para-hydroxylation sites is 1. The van der Waals surface area contributed by atoms with E-state index in [0.29, 0.717) is 17.1 Å². The second-order valence-electron chi connectivity index (χ2n) is 6.04. The van der Waals surface area contributed by atoms with Gasteiger partial charge in [0.25, 0.3) is 11.6 Å². The monoisotopic (exact) mass is 399 g/mol. The fraction of sp³-hybridized carbons (Fsp3) is 0.150. The average Bonchev–Trinajstić information content (AvgIpc) is 3.08. The van der Waals surface area contributed by atoms with Gasteiger partial charge in [0.1, 0.15) is 17.2 Å². The molecule has 144 valence electrons. The summed E-state index contributed by atoms with van der Waals surface area (Å²) in [5.74, 6) is 0.852. The molecule has 0 fully saturated rings. The van der Waals surface area contributed by atoms with E-state index in [0.717, 1.165) is 5.56 Å². The van der Waals surface area contributed by atoms with E-state index in [4.69, 9.17) is 16.0 Å². The lowest BCUT2D eigenvalue weighted by Crippen LogP contribution is -2.29. The second-order valence-corrected chi connectivity index (χ2v) is 6.45. The van der Waals surface area contributed by atoms with Crippen LogP contribution < -0.4 is 10.6 Å². The lowest BCUT2D eigenvalue weighted by Gasteiger charge is -2.10. The number of halogens is 1. The van der Waals surface area contributed by atoms with Gasteiger partial charge in [-0.3, -0.25) is 14.9 Å². The summed E-state index contributed by atoms with van der Waals surface area (Å²) in [7, 11) is 0. The number of carbonyl (C=O) groups is 1. The Labute approximate surface area is 166 Å². The van der Waals surface area contributed by atoms with Crippen LogP contribution in [0.25, 0.3) is 11.3 Å². The zero-order valence-corrected chi connectivity index (χ0v) is 15.8. The van der Waals surface area contributed by atoms with Gasteiger partial charge in [0.15, 0.2) is 0 Å². The van der Waals surface area contributed by atoms with E-state index in [1.54, 1.807) is 19.1 Å². The molecule has 0 atom stereocenters. The molecule has 2 aromatic carbocycles. The predicted molar refractivity (Wildman–Crippen MR) is 108 cm³/mol. The molecule has 1 amide bonds. The minimum absolute atomic E-state index is 0.115. The van der Waals surface area contributed by atoms with Crippen molar-refractivity contribution in [2.45, 2.75) is 6.92 Å². The van der Waals surface area contributed by atoms with Crippen molar-refractivity contribution in [3.8, 4) is 11.3 Å². The third-order valence-electron chi connectivity index (χ3n) is 4.04. The zero-order chi connectivity index (χ0) is 20.1. The topological polar surface area (TPSA) is 97.4 Å². The van der Waals surface area contributed by atoms with E-state index < -0.39 is 4.92 Å². The van der Waals surface area contributed by atoms with Gasteiger partial charge in [-0.1, -0.05) is 48.0 Å². The van der Waals surface area contributed by atoms with Crippen LogP contribution in [-0.2, 0) is 0 Å². The SMILES string of the molecule is Cc1cc(C(=O)NCCNc2c(Cl)cccc2[N+](=O)[O-])c(-c2ccccc2)o1. The standard InChI is InChI=1S/C20H18ClN3O4/c1-13-12-15(19(28-13)14-6-3-2-4-7-14)20(25)23-11-10-22-18-16(21)8-5-9-17(18)24(26)27/h2-9,12,22H,10-11H2,1H3,(H,23,25). The highest BCUT2D eigenvalue weighted by Gasteiger charge is 2.19. The van der Waals surface area contributed by atoms with Crippen molar-refractivity contribution in [1.29, 1.82) is 0 Å². The number of benzene rings is 2. The Hall–Kier alpha value is -3.32. The number of hydrogen-bond donors (Lipinski definition) is 2. The molecule has 28 heavy (non-hydrogen) atoms. The van der Waals surface area contributed by atoms with Crippen LogP contribution in [0, 0.1) is 17.0 Å². The number of amides is 1. The van der Waals surface area contributed by atoms with Crippen molar-refractivity contribution in [3.05, 3.63) is 81.1 Å². The van der Waals surface area contributed by atoms with Gasteiger partial charge < -0.3 is 15.1 Å². The number of rotatable bonds is 7. The van der Waals surface area contributed by atoms with Crippen molar-refractivity contribution < 1.29 is 14.1 Å². The molecule has 0 aliphatic carbocycles. The van der Waals surface area contributed by atoms with Gasteiger partial charge >= 0.3 is 0 Å². The number of anilines is 1. The van der Waals surface area contributed by atoms with Crippen molar-refractivity contribution in [2.75, 3.05) is 18.4 Å². The van der Waals surface area contributed by atoms with Gasteiger partial charge in [-0.05, 0) is 19.1 Å². The van der Waals surface area contributed by atoms with Crippen molar-refractivity contribution in [3.63, 3.8) is 0 Å². The quantitative estimate of drug-likeness (QED) is 0.342. The number of nitrogens with zero attached hydrogens (tertiary/aromatic N) is 1. The molecular weight excluding hydrogens is 382 g/mol. The van der Waals surface area contributed by atoms with Gasteiger partial charge in [-0.15, -0.1) is 0 Å². The third kappa shape index (κ3) is 4.32. The number of nitro benzene ring substituents is 1. The van der Waals surface area contributed by atoms with Crippen LogP contribution in [0.3, 0.4) is 0 Å². The molecule has 8 heteroatoms. The molecule has 0 radical (unpaired) electrons. The first-order valence-corrected chi connectivity index (χ1v) is 8.96. The normalized spacial score (nSPS) is 10.5. The summed E-state index contributed by atoms with van der Waals surface area (Å²) in [6.07, 6.45) is 0. The number of nitro groups is 1. The van der Waals surface area contributed by atoms with Gasteiger partial charge in [0.2, 0.25) is 0 Å². The highest BCUT2D eigenvalue weighted by atomic mass is 35.5. The first-order chi connectivity index (χ1) is 13.5. The molecular formula is C20H18ClN3O4. The minimum Gasteiger partial charge on any atom is -0.461 e. The summed E-state index contributed by atoms with van der Waals surface area (Å²) < 4.78 is 5.69. The van der Waals surface area contributed by atoms with Crippen LogP contribution >= 0.6 is 11.6 Å². The molecule has 0 aliphatic rings. The van der Waals surface area contributed by atoms with E-state index in [1.807, 2.05) is 30.3 Å². The number of carbonyl (C=O) groups excluding carboxylic acids is 1. The maximum atomic E-state index is 12.6. The second kappa shape index (κ2) is 8.58. The van der Waals surface area contributed by atoms with Crippen molar-refractivity contribution >= 4 is 28.9 Å². The maximum Gasteiger partial charge on any atom is 0.293 e. The molecule has 2 N–H and O–H groups in total. The maximum absolute atomic E-state index is 12.6. The summed E-state index contributed by atoms with van der Waals surface area (Å²) in [6.45, 7) is 2.30. The van der Waals surface area contributed by atoms with Crippen LogP contribution in [0.4, 0.5) is 11.4 Å². The highest BCUT2D eigenvalue weighted by Crippen LogP contribution is 2.31. The molecule has 0 bridgehead atoms. The Bertz CT molecular complexity index is 1000. The fourth-order valence-electron chi connectivity index (χ4n) is 2.79. The lowest BCUT2D eigenvalue weighted by atomic mass is 10.1. The Balaban J connectivity index is 1.65. The number of furan rings is 1. The summed E-state index contributed by atoms with van der Waals surface area (Å²) >= 11 is 6.04. The summed E-state index contributed by atoms with van der Waals surface area (Å²) in [5, 5.41) is 17.0. The molecule has 0 unspecified atom stereocenters. The molecule has 1 heterocycles. The van der Waals surface area contributed by atoms with Crippen molar-refractivity contribution in [1.82, 2.24) is 5.32 Å². The molecule has 0 saturated carbocycles. The molecule has 7 nitrogen and oxygen atoms in total. The van der Waals surface area contributed by atoms with Crippen LogP contribution in [0.1, 0.15) is 16.1 Å². The molecule has 0 aliphatic heterocycles. The smallest absolute Gasteiger partial charge is 0.293 e. The fourth-order valence-corrected chi connectivity index (χ4v) is 3.02. The first kappa shape index (κ1) is 19.4. The van der Waals surface area contributed by atoms with E-state index in [2.05, 4.69) is 10.6 Å².